The van der Waals surface area contributed by atoms with Gasteiger partial charge in [-0.05, 0) is 25.7 Å². The van der Waals surface area contributed by atoms with Crippen LogP contribution in [0.2, 0.25) is 0 Å². The maximum Gasteiger partial charge on any atom is 0.0540 e. The van der Waals surface area contributed by atoms with E-state index in [1.165, 1.54) is 103 Å². The molecule has 164 valence electrons. The second kappa shape index (κ2) is 22.2. The summed E-state index contributed by atoms with van der Waals surface area (Å²) in [4.78, 5) is 0. The lowest BCUT2D eigenvalue weighted by Crippen LogP contribution is -2.06. The molecule has 2 heteroatoms. The normalized spacial score (nSPS) is 13.8. The summed E-state index contributed by atoms with van der Waals surface area (Å²) in [5.74, 6) is 0. The Kier molecular flexibility index (Phi) is 22.1. The monoisotopic (exact) mass is 384 g/mol. The minimum Gasteiger partial charge on any atom is -0.393 e. The van der Waals surface area contributed by atoms with E-state index >= 15 is 0 Å². The van der Waals surface area contributed by atoms with Crippen LogP contribution in [0, 0.1) is 0 Å². The van der Waals surface area contributed by atoms with Gasteiger partial charge >= 0.3 is 0 Å². The largest absolute Gasteiger partial charge is 0.393 e. The van der Waals surface area contributed by atoms with Gasteiger partial charge in [0.2, 0.25) is 0 Å². The van der Waals surface area contributed by atoms with Crippen LogP contribution in [0.5, 0.6) is 0 Å². The molecule has 0 spiro atoms. The van der Waals surface area contributed by atoms with Crippen molar-refractivity contribution in [3.8, 4) is 0 Å². The molecule has 2 unspecified atom stereocenters. The summed E-state index contributed by atoms with van der Waals surface area (Å²) in [6.07, 6.45) is 25.8. The summed E-state index contributed by atoms with van der Waals surface area (Å²) in [7, 11) is 0. The van der Waals surface area contributed by atoms with Crippen molar-refractivity contribution in [2.75, 3.05) is 0 Å². The van der Waals surface area contributed by atoms with Gasteiger partial charge in [0.15, 0.2) is 0 Å². The molecule has 0 aliphatic carbocycles. The van der Waals surface area contributed by atoms with Gasteiger partial charge in [0, 0.05) is 0 Å². The summed E-state index contributed by atoms with van der Waals surface area (Å²) in [6, 6.07) is 0. The maximum absolute atomic E-state index is 10.1. The van der Waals surface area contributed by atoms with Crippen LogP contribution < -0.4 is 0 Å². The number of aliphatic hydroxyl groups excluding tert-OH is 2. The molecule has 0 amide bonds. The summed E-state index contributed by atoms with van der Waals surface area (Å²) < 4.78 is 0. The first-order chi connectivity index (χ1) is 13.2. The number of hydrogen-bond donors (Lipinski definition) is 2. The maximum atomic E-state index is 10.1. The smallest absolute Gasteiger partial charge is 0.0540 e. The van der Waals surface area contributed by atoms with Crippen molar-refractivity contribution in [1.82, 2.24) is 0 Å². The Morgan fingerprint density at radius 3 is 0.963 bits per heavy atom. The van der Waals surface area contributed by atoms with Crippen LogP contribution in [-0.4, -0.2) is 22.4 Å². The molecule has 0 aromatic heterocycles. The molecule has 0 heterocycles. The standard InChI is InChI=1S/C25H52O2/c1-3-5-7-8-9-10-11-14-18-22-25(27)23-19-16-13-12-15-17-21-24(26)20-6-4-2/h24-27H,3-23H2,1-2H3. The van der Waals surface area contributed by atoms with E-state index in [0.717, 1.165) is 32.1 Å². The Hall–Kier alpha value is -0.0800. The van der Waals surface area contributed by atoms with Gasteiger partial charge in [-0.15, -0.1) is 0 Å². The number of hydrogen-bond acceptors (Lipinski definition) is 2. The van der Waals surface area contributed by atoms with E-state index in [4.69, 9.17) is 0 Å². The molecule has 2 atom stereocenters. The average Bonchev–Trinajstić information content (AvgIpc) is 2.67. The molecule has 0 aromatic rings. The van der Waals surface area contributed by atoms with Crippen LogP contribution in [0.3, 0.4) is 0 Å². The van der Waals surface area contributed by atoms with Gasteiger partial charge in [-0.1, -0.05) is 123 Å². The molecule has 27 heavy (non-hydrogen) atoms. The van der Waals surface area contributed by atoms with Crippen molar-refractivity contribution in [1.29, 1.82) is 0 Å². The van der Waals surface area contributed by atoms with E-state index in [9.17, 15) is 10.2 Å². The Morgan fingerprint density at radius 1 is 0.370 bits per heavy atom. The third kappa shape index (κ3) is 22.1. The van der Waals surface area contributed by atoms with Crippen molar-refractivity contribution < 1.29 is 10.2 Å². The third-order valence-electron chi connectivity index (χ3n) is 5.86. The van der Waals surface area contributed by atoms with E-state index in [1.54, 1.807) is 0 Å². The zero-order valence-corrected chi connectivity index (χ0v) is 18.9. The van der Waals surface area contributed by atoms with Crippen molar-refractivity contribution in [3.05, 3.63) is 0 Å². The predicted molar refractivity (Wildman–Crippen MR) is 120 cm³/mol. The molecule has 0 radical (unpaired) electrons. The summed E-state index contributed by atoms with van der Waals surface area (Å²) in [5, 5.41) is 19.9. The van der Waals surface area contributed by atoms with Crippen LogP contribution in [-0.2, 0) is 0 Å². The van der Waals surface area contributed by atoms with E-state index in [2.05, 4.69) is 13.8 Å². The molecule has 0 aliphatic heterocycles. The fraction of sp³-hybridized carbons (Fsp3) is 1.00. The van der Waals surface area contributed by atoms with Crippen LogP contribution in [0.15, 0.2) is 0 Å². The Bertz CT molecular complexity index is 267. The highest BCUT2D eigenvalue weighted by molar-refractivity contribution is 4.59. The first-order valence-electron chi connectivity index (χ1n) is 12.6. The second-order valence-electron chi connectivity index (χ2n) is 8.77. The van der Waals surface area contributed by atoms with Crippen molar-refractivity contribution in [3.63, 3.8) is 0 Å². The van der Waals surface area contributed by atoms with Crippen LogP contribution in [0.25, 0.3) is 0 Å². The summed E-state index contributed by atoms with van der Waals surface area (Å²) >= 11 is 0. The highest BCUT2D eigenvalue weighted by Gasteiger charge is 2.05. The molecule has 0 bridgehead atoms. The molecule has 0 aliphatic rings. The predicted octanol–water partition coefficient (Wildman–Crippen LogP) is 7.94. The zero-order valence-electron chi connectivity index (χ0n) is 18.9. The SMILES string of the molecule is CCCCCCCCCCCC(O)CCCCCCCCC(O)CCCC. The first-order valence-corrected chi connectivity index (χ1v) is 12.6. The van der Waals surface area contributed by atoms with E-state index in [1.807, 2.05) is 0 Å². The highest BCUT2D eigenvalue weighted by atomic mass is 16.3. The second-order valence-corrected chi connectivity index (χ2v) is 8.77. The van der Waals surface area contributed by atoms with Crippen LogP contribution in [0.1, 0.15) is 149 Å². The molecule has 0 saturated heterocycles. The van der Waals surface area contributed by atoms with E-state index < -0.39 is 0 Å². The Morgan fingerprint density at radius 2 is 0.630 bits per heavy atom. The Balaban J connectivity index is 3.20. The quantitative estimate of drug-likeness (QED) is 0.186. The number of aliphatic hydroxyl groups is 2. The lowest BCUT2D eigenvalue weighted by Gasteiger charge is -2.11. The van der Waals surface area contributed by atoms with Gasteiger partial charge in [-0.3, -0.25) is 0 Å². The van der Waals surface area contributed by atoms with Gasteiger partial charge in [0.25, 0.3) is 0 Å². The van der Waals surface area contributed by atoms with Gasteiger partial charge in [-0.2, -0.15) is 0 Å². The molecular weight excluding hydrogens is 332 g/mol. The van der Waals surface area contributed by atoms with Gasteiger partial charge < -0.3 is 10.2 Å². The molecule has 0 rings (SSSR count). The molecule has 2 N–H and O–H groups in total. The highest BCUT2D eigenvalue weighted by Crippen LogP contribution is 2.16. The fourth-order valence-corrected chi connectivity index (χ4v) is 3.89. The van der Waals surface area contributed by atoms with Crippen LogP contribution in [0.4, 0.5) is 0 Å². The minimum absolute atomic E-state index is 0.0664. The number of rotatable bonds is 22. The molecule has 0 fully saturated rings. The zero-order chi connectivity index (χ0) is 20.0. The molecule has 0 aromatic carbocycles. The summed E-state index contributed by atoms with van der Waals surface area (Å²) in [6.45, 7) is 4.45. The number of unbranched alkanes of at least 4 members (excludes halogenated alkanes) is 14. The lowest BCUT2D eigenvalue weighted by atomic mass is 10.0. The fourth-order valence-electron chi connectivity index (χ4n) is 3.89. The topological polar surface area (TPSA) is 40.5 Å². The molecular formula is C25H52O2. The van der Waals surface area contributed by atoms with Gasteiger partial charge in [0.05, 0.1) is 12.2 Å². The summed E-state index contributed by atoms with van der Waals surface area (Å²) in [5.41, 5.74) is 0. The van der Waals surface area contributed by atoms with Crippen molar-refractivity contribution in [2.24, 2.45) is 0 Å². The van der Waals surface area contributed by atoms with E-state index in [0.29, 0.717) is 0 Å². The van der Waals surface area contributed by atoms with Gasteiger partial charge in [0.1, 0.15) is 0 Å². The van der Waals surface area contributed by atoms with E-state index in [-0.39, 0.29) is 12.2 Å². The Labute approximate surface area is 171 Å². The van der Waals surface area contributed by atoms with Crippen molar-refractivity contribution >= 4 is 0 Å². The van der Waals surface area contributed by atoms with Crippen LogP contribution >= 0.6 is 0 Å². The first kappa shape index (κ1) is 26.9. The lowest BCUT2D eigenvalue weighted by molar-refractivity contribution is 0.145. The minimum atomic E-state index is -0.0684. The molecule has 2 nitrogen and oxygen atoms in total. The average molecular weight is 385 g/mol. The third-order valence-corrected chi connectivity index (χ3v) is 5.86. The molecule has 0 saturated carbocycles. The van der Waals surface area contributed by atoms with Crippen molar-refractivity contribution in [2.45, 2.75) is 161 Å². The van der Waals surface area contributed by atoms with Gasteiger partial charge in [-0.25, -0.2) is 0 Å².